The lowest BCUT2D eigenvalue weighted by atomic mass is 9.99. The van der Waals surface area contributed by atoms with E-state index >= 15 is 0 Å². The molecule has 31 heavy (non-hydrogen) atoms. The molecule has 164 valence electrons. The van der Waals surface area contributed by atoms with E-state index < -0.39 is 45.7 Å². The summed E-state index contributed by atoms with van der Waals surface area (Å²) in [5, 5.41) is 2.66. The van der Waals surface area contributed by atoms with Crippen molar-refractivity contribution < 1.29 is 31.2 Å². The predicted molar refractivity (Wildman–Crippen MR) is 107 cm³/mol. The van der Waals surface area contributed by atoms with Gasteiger partial charge in [-0.2, -0.15) is 13.2 Å². The second kappa shape index (κ2) is 7.34. The zero-order valence-electron chi connectivity index (χ0n) is 16.2. The number of nitrogens with zero attached hydrogens (tertiary/aromatic N) is 1. The zero-order chi connectivity index (χ0) is 22.6. The Balaban J connectivity index is 1.69. The van der Waals surface area contributed by atoms with Crippen LogP contribution in [0, 0.1) is 0 Å². The van der Waals surface area contributed by atoms with Gasteiger partial charge in [-0.05, 0) is 41.8 Å². The molecule has 2 amide bonds. The summed E-state index contributed by atoms with van der Waals surface area (Å²) in [7, 11) is -3.53. The Bertz CT molecular complexity index is 1180. The Labute approximate surface area is 176 Å². The minimum Gasteiger partial charge on any atom is -0.325 e. The van der Waals surface area contributed by atoms with Crippen LogP contribution in [-0.4, -0.2) is 50.0 Å². The van der Waals surface area contributed by atoms with Crippen molar-refractivity contribution in [2.45, 2.75) is 24.7 Å². The second-order valence-electron chi connectivity index (χ2n) is 7.62. The van der Waals surface area contributed by atoms with E-state index in [1.807, 2.05) is 0 Å². The number of nitrogens with one attached hydrogen (secondary N) is 2. The molecular weight excluding hydrogens is 435 g/mol. The van der Waals surface area contributed by atoms with Crippen molar-refractivity contribution >= 4 is 27.5 Å². The van der Waals surface area contributed by atoms with Crippen molar-refractivity contribution in [3.63, 3.8) is 0 Å². The number of hydrogen-bond acceptors (Lipinski definition) is 4. The number of anilines is 1. The lowest BCUT2D eigenvalue weighted by Gasteiger charge is -2.20. The number of sulfonamides is 1. The van der Waals surface area contributed by atoms with Crippen molar-refractivity contribution in [3.8, 4) is 11.1 Å². The van der Waals surface area contributed by atoms with Crippen LogP contribution in [0.15, 0.2) is 42.5 Å². The molecule has 0 saturated carbocycles. The summed E-state index contributed by atoms with van der Waals surface area (Å²) in [4.78, 5) is 27.1. The van der Waals surface area contributed by atoms with Gasteiger partial charge in [0.05, 0.1) is 23.1 Å². The Morgan fingerprint density at radius 3 is 2.48 bits per heavy atom. The van der Waals surface area contributed by atoms with Gasteiger partial charge in [-0.3, -0.25) is 9.59 Å². The maximum absolute atomic E-state index is 13.2. The van der Waals surface area contributed by atoms with Crippen molar-refractivity contribution in [3.05, 3.63) is 53.6 Å². The predicted octanol–water partition coefficient (Wildman–Crippen LogP) is 2.46. The molecule has 2 aliphatic heterocycles. The summed E-state index contributed by atoms with van der Waals surface area (Å²) in [6.07, 6.45) is -3.38. The highest BCUT2D eigenvalue weighted by Crippen LogP contribution is 2.35. The lowest BCUT2D eigenvalue weighted by Crippen LogP contribution is -2.41. The smallest absolute Gasteiger partial charge is 0.325 e. The van der Waals surface area contributed by atoms with Crippen LogP contribution in [0.25, 0.3) is 11.1 Å². The SMILES string of the molecule is CS(=O)(=O)NC1CC2C(=O)Nc3ccc(-c4cccc(C(F)(F)F)c4)cc3C(=O)N2C1. The molecule has 0 aromatic heterocycles. The molecule has 0 radical (unpaired) electrons. The molecule has 0 spiro atoms. The minimum absolute atomic E-state index is 0.0111. The first-order chi connectivity index (χ1) is 14.4. The molecular formula is C20H18F3N3O4S. The van der Waals surface area contributed by atoms with Crippen molar-refractivity contribution in [1.82, 2.24) is 9.62 Å². The monoisotopic (exact) mass is 453 g/mol. The van der Waals surface area contributed by atoms with Gasteiger partial charge in [0.15, 0.2) is 0 Å². The largest absolute Gasteiger partial charge is 0.416 e. The number of rotatable bonds is 3. The molecule has 1 saturated heterocycles. The molecule has 2 aliphatic rings. The molecule has 2 atom stereocenters. The molecule has 0 bridgehead atoms. The van der Waals surface area contributed by atoms with Gasteiger partial charge < -0.3 is 10.2 Å². The van der Waals surface area contributed by atoms with Crippen molar-refractivity contribution in [2.75, 3.05) is 18.1 Å². The van der Waals surface area contributed by atoms with Crippen LogP contribution in [0.2, 0.25) is 0 Å². The Kier molecular flexibility index (Phi) is 5.05. The zero-order valence-corrected chi connectivity index (χ0v) is 17.0. The maximum atomic E-state index is 13.2. The van der Waals surface area contributed by atoms with Crippen LogP contribution in [0.1, 0.15) is 22.3 Å². The minimum atomic E-state index is -4.50. The van der Waals surface area contributed by atoms with E-state index in [0.29, 0.717) is 5.56 Å². The molecule has 2 heterocycles. The molecule has 11 heteroatoms. The Morgan fingerprint density at radius 1 is 1.10 bits per heavy atom. The Hall–Kier alpha value is -2.92. The van der Waals surface area contributed by atoms with Crippen molar-refractivity contribution in [2.24, 2.45) is 0 Å². The van der Waals surface area contributed by atoms with Crippen LogP contribution in [0.3, 0.4) is 0 Å². The third-order valence-corrected chi connectivity index (χ3v) is 6.04. The van der Waals surface area contributed by atoms with Gasteiger partial charge in [-0.1, -0.05) is 18.2 Å². The van der Waals surface area contributed by atoms with E-state index in [0.717, 1.165) is 18.4 Å². The summed E-state index contributed by atoms with van der Waals surface area (Å²) in [5.41, 5.74) is 0.235. The van der Waals surface area contributed by atoms with Gasteiger partial charge in [-0.15, -0.1) is 0 Å². The van der Waals surface area contributed by atoms with Gasteiger partial charge in [-0.25, -0.2) is 13.1 Å². The summed E-state index contributed by atoms with van der Waals surface area (Å²) in [6, 6.07) is 7.73. The van der Waals surface area contributed by atoms with E-state index in [1.54, 1.807) is 0 Å². The quantitative estimate of drug-likeness (QED) is 0.747. The maximum Gasteiger partial charge on any atom is 0.416 e. The normalized spacial score (nSPS) is 21.4. The second-order valence-corrected chi connectivity index (χ2v) is 9.40. The first kappa shape index (κ1) is 21.3. The highest BCUT2D eigenvalue weighted by molar-refractivity contribution is 7.88. The van der Waals surface area contributed by atoms with Crippen LogP contribution in [-0.2, 0) is 21.0 Å². The number of carbonyl (C=O) groups excluding carboxylic acids is 2. The first-order valence-corrected chi connectivity index (χ1v) is 11.2. The summed E-state index contributed by atoms with van der Waals surface area (Å²) in [6.45, 7) is 0.0111. The third-order valence-electron chi connectivity index (χ3n) is 5.28. The highest BCUT2D eigenvalue weighted by atomic mass is 32.2. The number of amides is 2. The topological polar surface area (TPSA) is 95.6 Å². The molecule has 0 aliphatic carbocycles. The Morgan fingerprint density at radius 2 is 1.81 bits per heavy atom. The molecule has 2 aromatic rings. The number of halogens is 3. The van der Waals surface area contributed by atoms with Crippen LogP contribution < -0.4 is 10.0 Å². The van der Waals surface area contributed by atoms with E-state index in [9.17, 15) is 31.2 Å². The molecule has 2 N–H and O–H groups in total. The fraction of sp³-hybridized carbons (Fsp3) is 0.300. The van der Waals surface area contributed by atoms with E-state index in [4.69, 9.17) is 0 Å². The summed E-state index contributed by atoms with van der Waals surface area (Å²) < 4.78 is 64.6. The van der Waals surface area contributed by atoms with Gasteiger partial charge in [0, 0.05) is 12.6 Å². The summed E-state index contributed by atoms with van der Waals surface area (Å²) in [5.74, 6) is -0.943. The number of benzene rings is 2. The molecule has 7 nitrogen and oxygen atoms in total. The molecule has 4 rings (SSSR count). The van der Waals surface area contributed by atoms with Crippen LogP contribution in [0.4, 0.5) is 18.9 Å². The highest BCUT2D eigenvalue weighted by Gasteiger charge is 2.43. The van der Waals surface area contributed by atoms with Gasteiger partial charge in [0.25, 0.3) is 5.91 Å². The number of carbonyl (C=O) groups is 2. The van der Waals surface area contributed by atoms with Gasteiger partial charge in [0.2, 0.25) is 15.9 Å². The number of fused-ring (bicyclic) bond motifs is 2. The average molecular weight is 453 g/mol. The fourth-order valence-electron chi connectivity index (χ4n) is 3.95. The van der Waals surface area contributed by atoms with Crippen LogP contribution >= 0.6 is 0 Å². The van der Waals surface area contributed by atoms with E-state index in [-0.39, 0.29) is 29.8 Å². The summed E-state index contributed by atoms with van der Waals surface area (Å²) >= 11 is 0. The van der Waals surface area contributed by atoms with E-state index in [1.165, 1.54) is 35.2 Å². The van der Waals surface area contributed by atoms with Crippen LogP contribution in [0.5, 0.6) is 0 Å². The fourth-order valence-corrected chi connectivity index (χ4v) is 4.73. The number of alkyl halides is 3. The standard InChI is InChI=1S/C20H18F3N3O4S/c1-31(29,30)25-14-9-17-18(27)24-16-6-5-12(8-15(16)19(28)26(17)10-14)11-3-2-4-13(7-11)20(21,22)23/h2-8,14,17,25H,9-10H2,1H3,(H,24,27). The molecule has 2 aromatic carbocycles. The third kappa shape index (κ3) is 4.28. The molecule has 2 unspecified atom stereocenters. The van der Waals surface area contributed by atoms with E-state index in [2.05, 4.69) is 10.0 Å². The first-order valence-electron chi connectivity index (χ1n) is 9.33. The van der Waals surface area contributed by atoms with Gasteiger partial charge >= 0.3 is 6.18 Å². The van der Waals surface area contributed by atoms with Crippen molar-refractivity contribution in [1.29, 1.82) is 0 Å². The number of hydrogen-bond donors (Lipinski definition) is 2. The van der Waals surface area contributed by atoms with Gasteiger partial charge in [0.1, 0.15) is 6.04 Å². The lowest BCUT2D eigenvalue weighted by molar-refractivity contribution is -0.137. The molecule has 1 fully saturated rings. The average Bonchev–Trinajstić information content (AvgIpc) is 3.05.